The molecule has 0 atom stereocenters. The third-order valence-electron chi connectivity index (χ3n) is 4.10. The minimum absolute atomic E-state index is 0.143. The van der Waals surface area contributed by atoms with E-state index in [1.807, 2.05) is 30.3 Å². The van der Waals surface area contributed by atoms with Gasteiger partial charge < -0.3 is 4.98 Å². The number of benzene rings is 2. The summed E-state index contributed by atoms with van der Waals surface area (Å²) in [5.41, 5.74) is 2.85. The van der Waals surface area contributed by atoms with Crippen molar-refractivity contribution in [3.8, 4) is 22.9 Å². The summed E-state index contributed by atoms with van der Waals surface area (Å²) in [6.07, 6.45) is 1.75. The number of nitrogens with one attached hydrogen (secondary N) is 1. The number of halogens is 1. The van der Waals surface area contributed by atoms with Crippen molar-refractivity contribution in [3.63, 3.8) is 0 Å². The average Bonchev–Trinajstić information content (AvgIpc) is 3.12. The third kappa shape index (κ3) is 3.11. The zero-order valence-corrected chi connectivity index (χ0v) is 14.8. The fourth-order valence-electron chi connectivity index (χ4n) is 2.89. The molecule has 4 aromatic rings. The van der Waals surface area contributed by atoms with E-state index in [9.17, 15) is 9.18 Å². The van der Waals surface area contributed by atoms with Crippen LogP contribution in [0.15, 0.2) is 70.7 Å². The molecule has 7 heteroatoms. The van der Waals surface area contributed by atoms with Crippen molar-refractivity contribution in [1.29, 1.82) is 5.26 Å². The first-order chi connectivity index (χ1) is 13.2. The molecular formula is C20H13FN4OS. The van der Waals surface area contributed by atoms with Crippen LogP contribution in [0.25, 0.3) is 27.8 Å². The van der Waals surface area contributed by atoms with E-state index >= 15 is 0 Å². The molecule has 1 N–H and O–H groups in total. The van der Waals surface area contributed by atoms with E-state index in [0.717, 1.165) is 11.1 Å². The number of H-pyrrole nitrogens is 1. The average molecular weight is 376 g/mol. The quantitative estimate of drug-likeness (QED) is 0.429. The molecule has 0 aliphatic carbocycles. The van der Waals surface area contributed by atoms with Gasteiger partial charge in [-0.05, 0) is 29.8 Å². The van der Waals surface area contributed by atoms with E-state index in [4.69, 9.17) is 5.26 Å². The van der Waals surface area contributed by atoms with Crippen LogP contribution in [0.3, 0.4) is 0 Å². The maximum atomic E-state index is 13.3. The number of rotatable bonds is 4. The first-order valence-electron chi connectivity index (χ1n) is 8.14. The standard InChI is InChI=1S/C20H13FN4OS/c21-14-6-8-15(9-7-14)25-19(26)18-17(24-20(25)27-11-10-22)16(12-23-18)13-4-2-1-3-5-13/h1-9,12,23H,11H2. The monoisotopic (exact) mass is 376 g/mol. The first-order valence-corrected chi connectivity index (χ1v) is 9.13. The van der Waals surface area contributed by atoms with Gasteiger partial charge in [0, 0.05) is 11.8 Å². The Labute approximate surface area is 158 Å². The summed E-state index contributed by atoms with van der Waals surface area (Å²) in [5.74, 6) is -0.247. The molecule has 132 valence electrons. The van der Waals surface area contributed by atoms with Crippen LogP contribution in [0, 0.1) is 17.1 Å². The number of fused-ring (bicyclic) bond motifs is 1. The molecule has 4 rings (SSSR count). The fraction of sp³-hybridized carbons (Fsp3) is 0.0500. The van der Waals surface area contributed by atoms with Crippen molar-refractivity contribution in [2.45, 2.75) is 5.16 Å². The molecule has 2 aromatic heterocycles. The molecule has 2 aromatic carbocycles. The van der Waals surface area contributed by atoms with Crippen LogP contribution in [0.4, 0.5) is 4.39 Å². The second-order valence-corrected chi connectivity index (χ2v) is 6.69. The molecule has 0 amide bonds. The molecule has 0 fully saturated rings. The molecule has 0 spiro atoms. The van der Waals surface area contributed by atoms with Gasteiger partial charge in [-0.25, -0.2) is 9.37 Å². The highest BCUT2D eigenvalue weighted by Crippen LogP contribution is 2.28. The van der Waals surface area contributed by atoms with Crippen molar-refractivity contribution in [2.24, 2.45) is 0 Å². The summed E-state index contributed by atoms with van der Waals surface area (Å²) in [6, 6.07) is 17.3. The Hall–Kier alpha value is -3.37. The molecule has 27 heavy (non-hydrogen) atoms. The highest BCUT2D eigenvalue weighted by molar-refractivity contribution is 7.99. The largest absolute Gasteiger partial charge is 0.355 e. The van der Waals surface area contributed by atoms with Crippen LogP contribution in [-0.4, -0.2) is 20.3 Å². The topological polar surface area (TPSA) is 74.5 Å². The molecule has 0 unspecified atom stereocenters. The number of hydrogen-bond acceptors (Lipinski definition) is 4. The van der Waals surface area contributed by atoms with Crippen molar-refractivity contribution < 1.29 is 4.39 Å². The van der Waals surface area contributed by atoms with Gasteiger partial charge in [-0.1, -0.05) is 42.1 Å². The number of hydrogen-bond donors (Lipinski definition) is 1. The van der Waals surface area contributed by atoms with Gasteiger partial charge in [-0.3, -0.25) is 9.36 Å². The molecule has 0 bridgehead atoms. The molecular weight excluding hydrogens is 363 g/mol. The zero-order valence-electron chi connectivity index (χ0n) is 14.0. The van der Waals surface area contributed by atoms with Crippen molar-refractivity contribution in [1.82, 2.24) is 14.5 Å². The van der Waals surface area contributed by atoms with Crippen LogP contribution in [0.5, 0.6) is 0 Å². The Bertz CT molecular complexity index is 1210. The normalized spacial score (nSPS) is 10.8. The lowest BCUT2D eigenvalue weighted by Crippen LogP contribution is -2.22. The fourth-order valence-corrected chi connectivity index (χ4v) is 3.56. The summed E-state index contributed by atoms with van der Waals surface area (Å²) < 4.78 is 14.7. The van der Waals surface area contributed by atoms with Gasteiger partial charge in [0.2, 0.25) is 0 Å². The third-order valence-corrected chi connectivity index (χ3v) is 4.91. The summed E-state index contributed by atoms with van der Waals surface area (Å²) >= 11 is 1.17. The van der Waals surface area contributed by atoms with Gasteiger partial charge in [0.1, 0.15) is 16.9 Å². The molecule has 5 nitrogen and oxygen atoms in total. The molecule has 0 radical (unpaired) electrons. The SMILES string of the molecule is N#CCSc1nc2c(-c3ccccc3)c[nH]c2c(=O)n1-c1ccc(F)cc1. The second-order valence-electron chi connectivity index (χ2n) is 5.75. The van der Waals surface area contributed by atoms with Gasteiger partial charge in [0.25, 0.3) is 5.56 Å². The van der Waals surface area contributed by atoms with E-state index in [2.05, 4.69) is 16.0 Å². The van der Waals surface area contributed by atoms with Gasteiger partial charge in [0.15, 0.2) is 5.16 Å². The highest BCUT2D eigenvalue weighted by Gasteiger charge is 2.17. The summed E-state index contributed by atoms with van der Waals surface area (Å²) in [4.78, 5) is 20.8. The Morgan fingerprint density at radius 3 is 2.59 bits per heavy atom. The summed E-state index contributed by atoms with van der Waals surface area (Å²) in [5, 5.41) is 9.35. The minimum atomic E-state index is -0.390. The number of thioether (sulfide) groups is 1. The van der Waals surface area contributed by atoms with E-state index < -0.39 is 5.82 Å². The number of aromatic nitrogens is 3. The van der Waals surface area contributed by atoms with E-state index in [-0.39, 0.29) is 11.3 Å². The minimum Gasteiger partial charge on any atom is -0.355 e. The Morgan fingerprint density at radius 1 is 1.15 bits per heavy atom. The predicted octanol–water partition coefficient (Wildman–Crippen LogP) is 4.14. The van der Waals surface area contributed by atoms with E-state index in [1.54, 1.807) is 6.20 Å². The Balaban J connectivity index is 1.98. The van der Waals surface area contributed by atoms with Gasteiger partial charge in [-0.2, -0.15) is 5.26 Å². The molecule has 2 heterocycles. The first kappa shape index (κ1) is 17.1. The Morgan fingerprint density at radius 2 is 1.89 bits per heavy atom. The van der Waals surface area contributed by atoms with Crippen molar-refractivity contribution in [3.05, 3.63) is 77.0 Å². The molecule has 0 saturated heterocycles. The van der Waals surface area contributed by atoms with E-state index in [1.165, 1.54) is 40.6 Å². The highest BCUT2D eigenvalue weighted by atomic mass is 32.2. The number of aromatic amines is 1. The lowest BCUT2D eigenvalue weighted by Gasteiger charge is -2.11. The Kier molecular flexibility index (Phi) is 4.48. The van der Waals surface area contributed by atoms with Gasteiger partial charge in [0.05, 0.1) is 17.5 Å². The maximum absolute atomic E-state index is 13.3. The number of nitriles is 1. The summed E-state index contributed by atoms with van der Waals surface area (Å²) in [6.45, 7) is 0. The van der Waals surface area contributed by atoms with Crippen LogP contribution in [0.2, 0.25) is 0 Å². The smallest absolute Gasteiger partial charge is 0.283 e. The van der Waals surface area contributed by atoms with Crippen LogP contribution < -0.4 is 5.56 Å². The van der Waals surface area contributed by atoms with Crippen molar-refractivity contribution >= 4 is 22.8 Å². The predicted molar refractivity (Wildman–Crippen MR) is 103 cm³/mol. The molecule has 0 saturated carbocycles. The van der Waals surface area contributed by atoms with E-state index in [0.29, 0.717) is 21.9 Å². The molecule has 0 aliphatic heterocycles. The maximum Gasteiger partial charge on any atom is 0.283 e. The van der Waals surface area contributed by atoms with Crippen LogP contribution in [0.1, 0.15) is 0 Å². The lowest BCUT2D eigenvalue weighted by molar-refractivity contribution is 0.627. The van der Waals surface area contributed by atoms with Gasteiger partial charge in [-0.15, -0.1) is 0 Å². The zero-order chi connectivity index (χ0) is 18.8. The van der Waals surface area contributed by atoms with Crippen LogP contribution >= 0.6 is 11.8 Å². The van der Waals surface area contributed by atoms with Crippen molar-refractivity contribution in [2.75, 3.05) is 5.75 Å². The second kappa shape index (κ2) is 7.09. The lowest BCUT2D eigenvalue weighted by atomic mass is 10.1. The van der Waals surface area contributed by atoms with Gasteiger partial charge >= 0.3 is 0 Å². The van der Waals surface area contributed by atoms with Crippen LogP contribution in [-0.2, 0) is 0 Å². The summed E-state index contributed by atoms with van der Waals surface area (Å²) in [7, 11) is 0. The number of nitrogens with zero attached hydrogens (tertiary/aromatic N) is 3. The molecule has 0 aliphatic rings.